The van der Waals surface area contributed by atoms with Crippen molar-refractivity contribution in [2.45, 2.75) is 6.92 Å². The summed E-state index contributed by atoms with van der Waals surface area (Å²) >= 11 is 4.77. The zero-order valence-corrected chi connectivity index (χ0v) is 10.9. The predicted octanol–water partition coefficient (Wildman–Crippen LogP) is 3.47. The van der Waals surface area contributed by atoms with E-state index in [2.05, 4.69) is 26.2 Å². The van der Waals surface area contributed by atoms with E-state index in [0.29, 0.717) is 10.7 Å². The van der Waals surface area contributed by atoms with Gasteiger partial charge in [-0.25, -0.2) is 4.98 Å². The third-order valence-electron chi connectivity index (χ3n) is 2.09. The van der Waals surface area contributed by atoms with E-state index < -0.39 is 0 Å². The average molecular weight is 297 g/mol. The highest BCUT2D eigenvalue weighted by Gasteiger charge is 2.10. The van der Waals surface area contributed by atoms with Gasteiger partial charge in [0.25, 0.3) is 5.91 Å². The first-order chi connectivity index (χ1) is 7.66. The summed E-state index contributed by atoms with van der Waals surface area (Å²) in [6.07, 6.45) is 1.66. The van der Waals surface area contributed by atoms with E-state index >= 15 is 0 Å². The molecule has 0 unspecified atom stereocenters. The molecular formula is C11H9BrN2OS. The van der Waals surface area contributed by atoms with Crippen LogP contribution in [0.3, 0.4) is 0 Å². The predicted molar refractivity (Wildman–Crippen MR) is 68.9 cm³/mol. The van der Waals surface area contributed by atoms with Gasteiger partial charge in [-0.05, 0) is 30.7 Å². The minimum atomic E-state index is -0.125. The van der Waals surface area contributed by atoms with Crippen LogP contribution >= 0.6 is 27.3 Å². The van der Waals surface area contributed by atoms with E-state index in [9.17, 15) is 4.79 Å². The fourth-order valence-corrected chi connectivity index (χ4v) is 2.33. The first kappa shape index (κ1) is 11.3. The average Bonchev–Trinajstić information content (AvgIpc) is 2.70. The van der Waals surface area contributed by atoms with Gasteiger partial charge in [0.1, 0.15) is 0 Å². The Morgan fingerprint density at radius 3 is 2.94 bits per heavy atom. The molecule has 1 aromatic carbocycles. The van der Waals surface area contributed by atoms with E-state index in [0.717, 1.165) is 10.0 Å². The molecule has 0 saturated carbocycles. The SMILES string of the molecule is Cc1cc(Br)ccc1C(=O)Nc1nccs1. The van der Waals surface area contributed by atoms with E-state index in [4.69, 9.17) is 0 Å². The van der Waals surface area contributed by atoms with Crippen molar-refractivity contribution < 1.29 is 4.79 Å². The van der Waals surface area contributed by atoms with Gasteiger partial charge in [0.2, 0.25) is 0 Å². The van der Waals surface area contributed by atoms with Crippen LogP contribution in [0.1, 0.15) is 15.9 Å². The monoisotopic (exact) mass is 296 g/mol. The first-order valence-electron chi connectivity index (χ1n) is 4.64. The summed E-state index contributed by atoms with van der Waals surface area (Å²) in [5.74, 6) is -0.125. The molecule has 0 aliphatic heterocycles. The van der Waals surface area contributed by atoms with E-state index in [-0.39, 0.29) is 5.91 Å². The van der Waals surface area contributed by atoms with Gasteiger partial charge in [-0.15, -0.1) is 11.3 Å². The number of hydrogen-bond donors (Lipinski definition) is 1. The number of aryl methyl sites for hydroxylation is 1. The Bertz CT molecular complexity index is 511. The standard InChI is InChI=1S/C11H9BrN2OS/c1-7-6-8(12)2-3-9(7)10(15)14-11-13-4-5-16-11/h2-6H,1H3,(H,13,14,15). The molecule has 1 N–H and O–H groups in total. The number of hydrogen-bond acceptors (Lipinski definition) is 3. The molecule has 5 heteroatoms. The van der Waals surface area contributed by atoms with Crippen LogP contribution in [-0.2, 0) is 0 Å². The summed E-state index contributed by atoms with van der Waals surface area (Å²) in [4.78, 5) is 15.9. The Hall–Kier alpha value is -1.20. The Kier molecular flexibility index (Phi) is 3.36. The summed E-state index contributed by atoms with van der Waals surface area (Å²) in [5, 5.41) is 5.19. The van der Waals surface area contributed by atoms with Gasteiger partial charge in [0.15, 0.2) is 5.13 Å². The maximum absolute atomic E-state index is 11.9. The van der Waals surface area contributed by atoms with Crippen molar-refractivity contribution in [3.05, 3.63) is 45.4 Å². The number of amides is 1. The third-order valence-corrected chi connectivity index (χ3v) is 3.27. The second-order valence-corrected chi connectivity index (χ2v) is 5.06. The number of nitrogens with one attached hydrogen (secondary N) is 1. The Morgan fingerprint density at radius 1 is 1.50 bits per heavy atom. The fourth-order valence-electron chi connectivity index (χ4n) is 1.33. The summed E-state index contributed by atoms with van der Waals surface area (Å²) < 4.78 is 0.968. The van der Waals surface area contributed by atoms with Gasteiger partial charge >= 0.3 is 0 Å². The number of carbonyl (C=O) groups is 1. The van der Waals surface area contributed by atoms with Crippen LogP contribution in [0.4, 0.5) is 5.13 Å². The highest BCUT2D eigenvalue weighted by atomic mass is 79.9. The number of anilines is 1. The largest absolute Gasteiger partial charge is 0.298 e. The van der Waals surface area contributed by atoms with Crippen molar-refractivity contribution in [2.24, 2.45) is 0 Å². The normalized spacial score (nSPS) is 10.1. The number of thiazole rings is 1. The van der Waals surface area contributed by atoms with Crippen molar-refractivity contribution in [1.29, 1.82) is 0 Å². The molecule has 0 bridgehead atoms. The van der Waals surface area contributed by atoms with Gasteiger partial charge < -0.3 is 0 Å². The van der Waals surface area contributed by atoms with Crippen molar-refractivity contribution in [1.82, 2.24) is 4.98 Å². The van der Waals surface area contributed by atoms with Gasteiger partial charge in [0.05, 0.1) is 0 Å². The van der Waals surface area contributed by atoms with Crippen molar-refractivity contribution >= 4 is 38.3 Å². The van der Waals surface area contributed by atoms with Gasteiger partial charge in [0, 0.05) is 21.6 Å². The first-order valence-corrected chi connectivity index (χ1v) is 6.31. The van der Waals surface area contributed by atoms with Crippen LogP contribution < -0.4 is 5.32 Å². The molecule has 0 saturated heterocycles. The van der Waals surface area contributed by atoms with Crippen LogP contribution in [0.2, 0.25) is 0 Å². The molecule has 2 aromatic rings. The van der Waals surface area contributed by atoms with Crippen LogP contribution in [0.25, 0.3) is 0 Å². The van der Waals surface area contributed by atoms with Crippen molar-refractivity contribution in [2.75, 3.05) is 5.32 Å². The Labute approximate surface area is 106 Å². The summed E-state index contributed by atoms with van der Waals surface area (Å²) in [6, 6.07) is 5.56. The Morgan fingerprint density at radius 2 is 2.31 bits per heavy atom. The second kappa shape index (κ2) is 4.76. The highest BCUT2D eigenvalue weighted by Crippen LogP contribution is 2.18. The van der Waals surface area contributed by atoms with E-state index in [1.54, 1.807) is 12.3 Å². The minimum absolute atomic E-state index is 0.125. The second-order valence-electron chi connectivity index (χ2n) is 3.25. The zero-order chi connectivity index (χ0) is 11.5. The Balaban J connectivity index is 2.21. The molecular weight excluding hydrogens is 288 g/mol. The summed E-state index contributed by atoms with van der Waals surface area (Å²) in [6.45, 7) is 1.90. The quantitative estimate of drug-likeness (QED) is 0.922. The molecule has 0 fully saturated rings. The minimum Gasteiger partial charge on any atom is -0.298 e. The highest BCUT2D eigenvalue weighted by molar-refractivity contribution is 9.10. The van der Waals surface area contributed by atoms with Crippen LogP contribution in [0.15, 0.2) is 34.2 Å². The number of nitrogens with zero attached hydrogens (tertiary/aromatic N) is 1. The number of rotatable bonds is 2. The number of carbonyl (C=O) groups excluding carboxylic acids is 1. The zero-order valence-electron chi connectivity index (χ0n) is 8.53. The van der Waals surface area contributed by atoms with Crippen LogP contribution in [0, 0.1) is 6.92 Å². The molecule has 16 heavy (non-hydrogen) atoms. The lowest BCUT2D eigenvalue weighted by atomic mass is 10.1. The summed E-state index contributed by atoms with van der Waals surface area (Å²) in [7, 11) is 0. The molecule has 1 amide bonds. The van der Waals surface area contributed by atoms with Crippen molar-refractivity contribution in [3.63, 3.8) is 0 Å². The topological polar surface area (TPSA) is 42.0 Å². The van der Waals surface area contributed by atoms with Gasteiger partial charge in [-0.1, -0.05) is 15.9 Å². The number of aromatic nitrogens is 1. The molecule has 1 heterocycles. The lowest BCUT2D eigenvalue weighted by Gasteiger charge is -2.05. The maximum atomic E-state index is 11.9. The molecule has 0 radical (unpaired) electrons. The molecule has 0 spiro atoms. The number of halogens is 1. The van der Waals surface area contributed by atoms with E-state index in [1.165, 1.54) is 11.3 Å². The molecule has 2 rings (SSSR count). The lowest BCUT2D eigenvalue weighted by molar-refractivity contribution is 0.102. The molecule has 82 valence electrons. The van der Waals surface area contributed by atoms with Crippen LogP contribution in [0.5, 0.6) is 0 Å². The molecule has 0 aliphatic carbocycles. The fraction of sp³-hybridized carbons (Fsp3) is 0.0909. The van der Waals surface area contributed by atoms with Gasteiger partial charge in [-0.3, -0.25) is 10.1 Å². The molecule has 0 atom stereocenters. The maximum Gasteiger partial charge on any atom is 0.257 e. The van der Waals surface area contributed by atoms with Crippen molar-refractivity contribution in [3.8, 4) is 0 Å². The summed E-state index contributed by atoms with van der Waals surface area (Å²) in [5.41, 5.74) is 1.60. The van der Waals surface area contributed by atoms with Crippen LogP contribution in [-0.4, -0.2) is 10.9 Å². The molecule has 0 aliphatic rings. The third kappa shape index (κ3) is 2.48. The van der Waals surface area contributed by atoms with E-state index in [1.807, 2.05) is 24.4 Å². The lowest BCUT2D eigenvalue weighted by Crippen LogP contribution is -2.12. The molecule has 3 nitrogen and oxygen atoms in total. The number of benzene rings is 1. The molecule has 1 aromatic heterocycles. The smallest absolute Gasteiger partial charge is 0.257 e. The van der Waals surface area contributed by atoms with Gasteiger partial charge in [-0.2, -0.15) is 0 Å².